The van der Waals surface area contributed by atoms with Gasteiger partial charge in [0.2, 0.25) is 0 Å². The molecule has 0 aromatic heterocycles. The minimum absolute atomic E-state index is 0.119. The van der Waals surface area contributed by atoms with Crippen LogP contribution in [0.15, 0.2) is 30.3 Å². The van der Waals surface area contributed by atoms with E-state index in [0.717, 1.165) is 6.42 Å². The molecule has 2 rings (SSSR count). The largest absolute Gasteiger partial charge is 0.481 e. The molecule has 1 aliphatic carbocycles. The fraction of sp³-hybridized carbons (Fsp3) is 0.385. The molecule has 5 heteroatoms. The average Bonchev–Trinajstić information content (AvgIpc) is 2.28. The molecule has 18 heavy (non-hydrogen) atoms. The van der Waals surface area contributed by atoms with Gasteiger partial charge in [0.15, 0.2) is 0 Å². The van der Waals surface area contributed by atoms with Crippen LogP contribution in [0.3, 0.4) is 0 Å². The van der Waals surface area contributed by atoms with Gasteiger partial charge in [0.25, 0.3) is 0 Å². The van der Waals surface area contributed by atoms with Crippen LogP contribution in [-0.2, 0) is 4.79 Å². The van der Waals surface area contributed by atoms with Gasteiger partial charge >= 0.3 is 12.1 Å². The molecule has 0 heterocycles. The molecule has 0 spiro atoms. The molecule has 2 N–H and O–H groups in total. The summed E-state index contributed by atoms with van der Waals surface area (Å²) < 4.78 is 5.02. The van der Waals surface area contributed by atoms with E-state index in [4.69, 9.17) is 9.84 Å². The third-order valence-electron chi connectivity index (χ3n) is 3.29. The predicted octanol–water partition coefficient (Wildman–Crippen LogP) is 2.03. The third-order valence-corrected chi connectivity index (χ3v) is 3.29. The lowest BCUT2D eigenvalue weighted by Crippen LogP contribution is -2.48. The molecule has 1 aliphatic rings. The first-order chi connectivity index (χ1) is 8.62. The van der Waals surface area contributed by atoms with E-state index in [-0.39, 0.29) is 6.54 Å². The lowest BCUT2D eigenvalue weighted by atomic mass is 9.69. The second-order valence-electron chi connectivity index (χ2n) is 4.50. The zero-order valence-corrected chi connectivity index (χ0v) is 9.89. The van der Waals surface area contributed by atoms with Gasteiger partial charge in [-0.1, -0.05) is 24.6 Å². The van der Waals surface area contributed by atoms with Gasteiger partial charge in [-0.15, -0.1) is 0 Å². The highest BCUT2D eigenvalue weighted by molar-refractivity contribution is 5.77. The van der Waals surface area contributed by atoms with E-state index < -0.39 is 17.5 Å². The van der Waals surface area contributed by atoms with Gasteiger partial charge in [-0.2, -0.15) is 0 Å². The van der Waals surface area contributed by atoms with Gasteiger partial charge in [-0.3, -0.25) is 4.79 Å². The first kappa shape index (κ1) is 12.4. The number of carboxylic acids is 1. The Hall–Kier alpha value is -2.04. The van der Waals surface area contributed by atoms with Crippen molar-refractivity contribution >= 4 is 12.1 Å². The van der Waals surface area contributed by atoms with Crippen LogP contribution in [-0.4, -0.2) is 23.7 Å². The maximum Gasteiger partial charge on any atom is 0.412 e. The fourth-order valence-corrected chi connectivity index (χ4v) is 1.94. The Morgan fingerprint density at radius 2 is 1.94 bits per heavy atom. The van der Waals surface area contributed by atoms with Crippen molar-refractivity contribution in [2.45, 2.75) is 19.3 Å². The van der Waals surface area contributed by atoms with E-state index in [0.29, 0.717) is 18.6 Å². The van der Waals surface area contributed by atoms with E-state index in [9.17, 15) is 9.59 Å². The van der Waals surface area contributed by atoms with E-state index in [2.05, 4.69) is 5.32 Å². The molecule has 1 aromatic carbocycles. The quantitative estimate of drug-likeness (QED) is 0.856. The normalized spacial score (nSPS) is 16.4. The number of benzene rings is 1. The van der Waals surface area contributed by atoms with Crippen molar-refractivity contribution in [2.24, 2.45) is 5.41 Å². The zero-order valence-electron chi connectivity index (χ0n) is 9.89. The summed E-state index contributed by atoms with van der Waals surface area (Å²) in [5.41, 5.74) is -0.796. The van der Waals surface area contributed by atoms with Crippen molar-refractivity contribution in [2.75, 3.05) is 6.54 Å². The van der Waals surface area contributed by atoms with Crippen LogP contribution in [0, 0.1) is 5.41 Å². The number of nitrogens with one attached hydrogen (secondary N) is 1. The molecule has 1 amide bonds. The van der Waals surface area contributed by atoms with Crippen molar-refractivity contribution in [3.05, 3.63) is 30.3 Å². The summed E-state index contributed by atoms with van der Waals surface area (Å²) in [6.45, 7) is 0.119. The van der Waals surface area contributed by atoms with Crippen molar-refractivity contribution in [3.63, 3.8) is 0 Å². The Morgan fingerprint density at radius 3 is 2.44 bits per heavy atom. The predicted molar refractivity (Wildman–Crippen MR) is 64.4 cm³/mol. The minimum atomic E-state index is -0.853. The van der Waals surface area contributed by atoms with E-state index in [1.165, 1.54) is 0 Å². The Balaban J connectivity index is 1.83. The Labute approximate surface area is 105 Å². The zero-order chi connectivity index (χ0) is 13.0. The van der Waals surface area contributed by atoms with Gasteiger partial charge in [0.05, 0.1) is 5.41 Å². The Morgan fingerprint density at radius 1 is 1.28 bits per heavy atom. The van der Waals surface area contributed by atoms with Gasteiger partial charge in [-0.05, 0) is 25.0 Å². The molecule has 1 aromatic rings. The molecule has 0 radical (unpaired) electrons. The van der Waals surface area contributed by atoms with Gasteiger partial charge < -0.3 is 15.2 Å². The maximum atomic E-state index is 11.5. The van der Waals surface area contributed by atoms with Crippen LogP contribution < -0.4 is 10.1 Å². The van der Waals surface area contributed by atoms with Crippen LogP contribution in [0.2, 0.25) is 0 Å². The summed E-state index contributed by atoms with van der Waals surface area (Å²) in [4.78, 5) is 22.6. The summed E-state index contributed by atoms with van der Waals surface area (Å²) in [6, 6.07) is 8.66. The number of amides is 1. The number of aliphatic carboxylic acids is 1. The fourth-order valence-electron chi connectivity index (χ4n) is 1.94. The standard InChI is InChI=1S/C13H15NO4/c15-11(16)13(7-4-8-13)9-14-12(17)18-10-5-2-1-3-6-10/h1-3,5-6H,4,7-9H2,(H,14,17)(H,15,16). The number of hydrogen-bond acceptors (Lipinski definition) is 3. The highest BCUT2D eigenvalue weighted by Gasteiger charge is 2.44. The van der Waals surface area contributed by atoms with Crippen molar-refractivity contribution in [3.8, 4) is 5.75 Å². The lowest BCUT2D eigenvalue weighted by molar-refractivity contribution is -0.153. The van der Waals surface area contributed by atoms with Crippen LogP contribution in [0.4, 0.5) is 4.79 Å². The molecule has 5 nitrogen and oxygen atoms in total. The number of ether oxygens (including phenoxy) is 1. The summed E-state index contributed by atoms with van der Waals surface area (Å²) >= 11 is 0. The SMILES string of the molecule is O=C(NCC1(C(=O)O)CCC1)Oc1ccccc1. The smallest absolute Gasteiger partial charge is 0.412 e. The second-order valence-corrected chi connectivity index (χ2v) is 4.50. The molecule has 1 saturated carbocycles. The van der Waals surface area contributed by atoms with E-state index in [1.54, 1.807) is 24.3 Å². The Bertz CT molecular complexity index is 440. The number of carboxylic acid groups (broad SMARTS) is 1. The van der Waals surface area contributed by atoms with E-state index >= 15 is 0 Å². The van der Waals surface area contributed by atoms with Gasteiger partial charge in [0.1, 0.15) is 5.75 Å². The molecule has 0 aliphatic heterocycles. The van der Waals surface area contributed by atoms with Gasteiger partial charge in [-0.25, -0.2) is 4.79 Å². The molecule has 0 saturated heterocycles. The average molecular weight is 249 g/mol. The monoisotopic (exact) mass is 249 g/mol. The summed E-state index contributed by atoms with van der Waals surface area (Å²) in [7, 11) is 0. The number of carbonyl (C=O) groups is 2. The first-order valence-electron chi connectivity index (χ1n) is 5.87. The highest BCUT2D eigenvalue weighted by atomic mass is 16.6. The lowest BCUT2D eigenvalue weighted by Gasteiger charge is -2.37. The third kappa shape index (κ3) is 2.61. The number of hydrogen-bond donors (Lipinski definition) is 2. The minimum Gasteiger partial charge on any atom is -0.481 e. The maximum absolute atomic E-state index is 11.5. The first-order valence-corrected chi connectivity index (χ1v) is 5.87. The summed E-state index contributed by atoms with van der Waals surface area (Å²) in [5, 5.41) is 11.6. The molecular formula is C13H15NO4. The Kier molecular flexibility index (Phi) is 3.50. The molecule has 1 fully saturated rings. The summed E-state index contributed by atoms with van der Waals surface area (Å²) in [5.74, 6) is -0.415. The topological polar surface area (TPSA) is 75.6 Å². The second kappa shape index (κ2) is 5.08. The number of para-hydroxylation sites is 1. The highest BCUT2D eigenvalue weighted by Crippen LogP contribution is 2.40. The summed E-state index contributed by atoms with van der Waals surface area (Å²) in [6.07, 6.45) is 1.48. The number of rotatable bonds is 4. The van der Waals surface area contributed by atoms with Crippen molar-refractivity contribution in [1.82, 2.24) is 5.32 Å². The van der Waals surface area contributed by atoms with E-state index in [1.807, 2.05) is 6.07 Å². The van der Waals surface area contributed by atoms with Gasteiger partial charge in [0, 0.05) is 6.54 Å². The van der Waals surface area contributed by atoms with Crippen LogP contribution in [0.1, 0.15) is 19.3 Å². The number of carbonyl (C=O) groups excluding carboxylic acids is 1. The van der Waals surface area contributed by atoms with Crippen LogP contribution >= 0.6 is 0 Å². The molecule has 0 atom stereocenters. The van der Waals surface area contributed by atoms with Crippen molar-refractivity contribution in [1.29, 1.82) is 0 Å². The van der Waals surface area contributed by atoms with Crippen LogP contribution in [0.25, 0.3) is 0 Å². The molecular weight excluding hydrogens is 234 g/mol. The molecule has 0 unspecified atom stereocenters. The molecule has 96 valence electrons. The van der Waals surface area contributed by atoms with Crippen LogP contribution in [0.5, 0.6) is 5.75 Å². The molecule has 0 bridgehead atoms. The van der Waals surface area contributed by atoms with Crippen molar-refractivity contribution < 1.29 is 19.4 Å².